The Hall–Kier alpha value is -1.35. The number of benzene rings is 1. The molecule has 1 rings (SSSR count). The van der Waals surface area contributed by atoms with Crippen molar-refractivity contribution < 1.29 is 9.90 Å². The van der Waals surface area contributed by atoms with Crippen LogP contribution < -0.4 is 5.73 Å². The second-order valence-corrected chi connectivity index (χ2v) is 5.58. The third-order valence-corrected chi connectivity index (χ3v) is 3.24. The quantitative estimate of drug-likeness (QED) is 0.781. The summed E-state index contributed by atoms with van der Waals surface area (Å²) in [5, 5.41) is 9.16. The molecule has 0 amide bonds. The minimum Gasteiger partial charge on any atom is -0.508 e. The van der Waals surface area contributed by atoms with Gasteiger partial charge in [-0.1, -0.05) is 26.0 Å². The molecule has 0 atom stereocenters. The number of nitrogens with two attached hydrogens (primary N) is 1. The van der Waals surface area contributed by atoms with Gasteiger partial charge in [0.2, 0.25) is 0 Å². The van der Waals surface area contributed by atoms with Crippen LogP contribution in [-0.2, 0) is 11.2 Å². The number of aromatic hydroxyl groups is 1. The van der Waals surface area contributed by atoms with Crippen molar-refractivity contribution in [2.45, 2.75) is 39.5 Å². The van der Waals surface area contributed by atoms with Crippen LogP contribution in [0.25, 0.3) is 0 Å². The van der Waals surface area contributed by atoms with E-state index in [4.69, 9.17) is 10.8 Å². The van der Waals surface area contributed by atoms with E-state index in [9.17, 15) is 4.79 Å². The zero-order chi connectivity index (χ0) is 13.6. The number of hydrogen-bond acceptors (Lipinski definition) is 3. The molecular formula is C15H23NO2. The number of Topliss-reactive ketones (excluding diaryl/α,β-unsaturated/α-hetero) is 1. The molecule has 0 saturated carbocycles. The zero-order valence-electron chi connectivity index (χ0n) is 11.3. The second-order valence-electron chi connectivity index (χ2n) is 5.58. The molecule has 3 N–H and O–H groups in total. The molecule has 0 spiro atoms. The van der Waals surface area contributed by atoms with Gasteiger partial charge >= 0.3 is 0 Å². The highest BCUT2D eigenvalue weighted by molar-refractivity contribution is 5.80. The normalized spacial score (nSPS) is 11.5. The van der Waals surface area contributed by atoms with Crippen molar-refractivity contribution in [1.82, 2.24) is 0 Å². The van der Waals surface area contributed by atoms with Gasteiger partial charge in [0, 0.05) is 12.8 Å². The molecule has 0 radical (unpaired) electrons. The number of phenols is 1. The van der Waals surface area contributed by atoms with Gasteiger partial charge in [0.05, 0.1) is 0 Å². The summed E-state index contributed by atoms with van der Waals surface area (Å²) in [6.45, 7) is 4.96. The third kappa shape index (κ3) is 5.32. The molecule has 100 valence electrons. The summed E-state index contributed by atoms with van der Waals surface area (Å²) in [4.78, 5) is 11.9. The predicted octanol–water partition coefficient (Wildman–Crippen LogP) is 2.66. The highest BCUT2D eigenvalue weighted by Gasteiger charge is 2.18. The van der Waals surface area contributed by atoms with Gasteiger partial charge in [-0.2, -0.15) is 0 Å². The van der Waals surface area contributed by atoms with Gasteiger partial charge in [-0.25, -0.2) is 0 Å². The van der Waals surface area contributed by atoms with Crippen molar-refractivity contribution in [1.29, 1.82) is 0 Å². The summed E-state index contributed by atoms with van der Waals surface area (Å²) >= 11 is 0. The smallest absolute Gasteiger partial charge is 0.137 e. The first-order chi connectivity index (χ1) is 8.43. The second kappa shape index (κ2) is 6.55. The van der Waals surface area contributed by atoms with Crippen LogP contribution in [-0.4, -0.2) is 17.4 Å². The molecule has 0 aliphatic carbocycles. The first-order valence-electron chi connectivity index (χ1n) is 6.43. The Morgan fingerprint density at radius 3 is 2.39 bits per heavy atom. The van der Waals surface area contributed by atoms with E-state index in [0.29, 0.717) is 19.4 Å². The van der Waals surface area contributed by atoms with Gasteiger partial charge < -0.3 is 10.8 Å². The summed E-state index contributed by atoms with van der Waals surface area (Å²) in [6, 6.07) is 6.80. The van der Waals surface area contributed by atoms with Crippen molar-refractivity contribution in [3.8, 4) is 5.75 Å². The van der Waals surface area contributed by atoms with E-state index in [-0.39, 0.29) is 16.9 Å². The van der Waals surface area contributed by atoms with E-state index >= 15 is 0 Å². The average Bonchev–Trinajstić information content (AvgIpc) is 2.30. The highest BCUT2D eigenvalue weighted by atomic mass is 16.3. The summed E-state index contributed by atoms with van der Waals surface area (Å²) in [6.07, 6.45) is 2.85. The fraction of sp³-hybridized carbons (Fsp3) is 0.533. The summed E-state index contributed by atoms with van der Waals surface area (Å²) < 4.78 is 0. The van der Waals surface area contributed by atoms with Crippen LogP contribution in [0.15, 0.2) is 24.3 Å². The largest absolute Gasteiger partial charge is 0.508 e. The molecule has 0 heterocycles. The standard InChI is InChI=1S/C15H23NO2/c1-15(2,9-10-16)8-7-14(18)11-12-3-5-13(17)6-4-12/h3-6,17H,7-11,16H2,1-2H3. The number of phenolic OH excluding ortho intramolecular Hbond substituents is 1. The molecule has 0 unspecified atom stereocenters. The minimum absolute atomic E-state index is 0.138. The fourth-order valence-electron chi connectivity index (χ4n) is 1.92. The number of hydrogen-bond donors (Lipinski definition) is 2. The van der Waals surface area contributed by atoms with Crippen LogP contribution in [0, 0.1) is 5.41 Å². The first-order valence-corrected chi connectivity index (χ1v) is 6.43. The molecule has 3 heteroatoms. The number of ketones is 1. The molecular weight excluding hydrogens is 226 g/mol. The highest BCUT2D eigenvalue weighted by Crippen LogP contribution is 2.26. The Kier molecular flexibility index (Phi) is 5.35. The molecule has 1 aromatic carbocycles. The van der Waals surface area contributed by atoms with Crippen molar-refractivity contribution >= 4 is 5.78 Å². The van der Waals surface area contributed by atoms with Crippen LogP contribution in [0.4, 0.5) is 0 Å². The number of rotatable bonds is 7. The lowest BCUT2D eigenvalue weighted by molar-refractivity contribution is -0.119. The van der Waals surface area contributed by atoms with Crippen LogP contribution in [0.3, 0.4) is 0 Å². The lowest BCUT2D eigenvalue weighted by Gasteiger charge is -2.23. The van der Waals surface area contributed by atoms with Gasteiger partial charge in [-0.15, -0.1) is 0 Å². The van der Waals surface area contributed by atoms with Crippen LogP contribution >= 0.6 is 0 Å². The SMILES string of the molecule is CC(C)(CCN)CCC(=O)Cc1ccc(O)cc1. The van der Waals surface area contributed by atoms with Gasteiger partial charge in [0.1, 0.15) is 11.5 Å². The van der Waals surface area contributed by atoms with E-state index in [1.165, 1.54) is 0 Å². The Bertz CT molecular complexity index is 382. The van der Waals surface area contributed by atoms with Crippen LogP contribution in [0.1, 0.15) is 38.7 Å². The summed E-state index contributed by atoms with van der Waals surface area (Å²) in [5.41, 5.74) is 6.64. The van der Waals surface area contributed by atoms with E-state index < -0.39 is 0 Å². The maximum atomic E-state index is 11.9. The Morgan fingerprint density at radius 1 is 1.22 bits per heavy atom. The topological polar surface area (TPSA) is 63.3 Å². The van der Waals surface area contributed by atoms with E-state index in [2.05, 4.69) is 13.8 Å². The van der Waals surface area contributed by atoms with Crippen LogP contribution in [0.2, 0.25) is 0 Å². The number of carbonyl (C=O) groups is 1. The average molecular weight is 249 g/mol. The lowest BCUT2D eigenvalue weighted by atomic mass is 9.83. The third-order valence-electron chi connectivity index (χ3n) is 3.24. The van der Waals surface area contributed by atoms with Gasteiger partial charge in [0.15, 0.2) is 0 Å². The molecule has 0 aromatic heterocycles. The van der Waals surface area contributed by atoms with E-state index in [1.807, 2.05) is 0 Å². The Balaban J connectivity index is 2.40. The van der Waals surface area contributed by atoms with Gasteiger partial charge in [0.25, 0.3) is 0 Å². The zero-order valence-corrected chi connectivity index (χ0v) is 11.3. The number of carbonyl (C=O) groups excluding carboxylic acids is 1. The maximum Gasteiger partial charge on any atom is 0.137 e. The van der Waals surface area contributed by atoms with E-state index in [1.54, 1.807) is 24.3 Å². The summed E-state index contributed by atoms with van der Waals surface area (Å²) in [5.74, 6) is 0.473. The predicted molar refractivity (Wildman–Crippen MR) is 73.5 cm³/mol. The molecule has 0 saturated heterocycles. The molecule has 0 aliphatic heterocycles. The molecule has 3 nitrogen and oxygen atoms in total. The molecule has 1 aromatic rings. The Labute approximate surface area is 109 Å². The maximum absolute atomic E-state index is 11.9. The minimum atomic E-state index is 0.138. The molecule has 0 aliphatic rings. The monoisotopic (exact) mass is 249 g/mol. The lowest BCUT2D eigenvalue weighted by Crippen LogP contribution is -2.18. The molecule has 0 bridgehead atoms. The fourth-order valence-corrected chi connectivity index (χ4v) is 1.92. The molecule has 18 heavy (non-hydrogen) atoms. The first kappa shape index (κ1) is 14.7. The van der Waals surface area contributed by atoms with Gasteiger partial charge in [-0.3, -0.25) is 4.79 Å². The van der Waals surface area contributed by atoms with Gasteiger partial charge in [-0.05, 0) is 42.5 Å². The van der Waals surface area contributed by atoms with Crippen molar-refractivity contribution in [2.24, 2.45) is 11.1 Å². The van der Waals surface area contributed by atoms with E-state index in [0.717, 1.165) is 18.4 Å². The van der Waals surface area contributed by atoms with Crippen molar-refractivity contribution in [2.75, 3.05) is 6.54 Å². The Morgan fingerprint density at radius 2 is 1.83 bits per heavy atom. The van der Waals surface area contributed by atoms with Crippen LogP contribution in [0.5, 0.6) is 5.75 Å². The molecule has 0 fully saturated rings. The van der Waals surface area contributed by atoms with Crippen molar-refractivity contribution in [3.63, 3.8) is 0 Å². The summed E-state index contributed by atoms with van der Waals surface area (Å²) in [7, 11) is 0. The van der Waals surface area contributed by atoms with Crippen molar-refractivity contribution in [3.05, 3.63) is 29.8 Å².